The summed E-state index contributed by atoms with van der Waals surface area (Å²) in [5, 5.41) is 0. The summed E-state index contributed by atoms with van der Waals surface area (Å²) in [5.41, 5.74) is 1.77. The molecular formula is C17H25NO3S. The van der Waals surface area contributed by atoms with Crippen molar-refractivity contribution in [1.29, 1.82) is 0 Å². The van der Waals surface area contributed by atoms with Crippen LogP contribution in [0.25, 0.3) is 0 Å². The zero-order valence-electron chi connectivity index (χ0n) is 13.4. The maximum Gasteiger partial charge on any atom is 0.237 e. The Morgan fingerprint density at radius 1 is 1.23 bits per heavy atom. The van der Waals surface area contributed by atoms with E-state index in [-0.39, 0.29) is 17.7 Å². The molecule has 0 aliphatic heterocycles. The number of nitrogens with zero attached hydrogens (tertiary/aromatic N) is 1. The fourth-order valence-corrected chi connectivity index (χ4v) is 4.44. The second-order valence-corrected chi connectivity index (χ2v) is 8.38. The van der Waals surface area contributed by atoms with Gasteiger partial charge in [-0.2, -0.15) is 0 Å². The molecule has 0 heterocycles. The predicted octanol–water partition coefficient (Wildman–Crippen LogP) is 2.70. The SMILES string of the molecule is Cc1cccc(CS(=O)(=O)CC(=O)N(C)C2CCCCC2)c1. The van der Waals surface area contributed by atoms with E-state index in [9.17, 15) is 13.2 Å². The van der Waals surface area contributed by atoms with Crippen molar-refractivity contribution < 1.29 is 13.2 Å². The van der Waals surface area contributed by atoms with Gasteiger partial charge in [0, 0.05) is 13.1 Å². The molecule has 1 amide bonds. The molecule has 0 bridgehead atoms. The molecule has 2 rings (SSSR count). The smallest absolute Gasteiger partial charge is 0.237 e. The largest absolute Gasteiger partial charge is 0.342 e. The van der Waals surface area contributed by atoms with Gasteiger partial charge < -0.3 is 4.90 Å². The van der Waals surface area contributed by atoms with Crippen LogP contribution in [0.1, 0.15) is 43.2 Å². The summed E-state index contributed by atoms with van der Waals surface area (Å²) < 4.78 is 24.5. The minimum Gasteiger partial charge on any atom is -0.342 e. The summed E-state index contributed by atoms with van der Waals surface area (Å²) in [6.07, 6.45) is 5.43. The van der Waals surface area contributed by atoms with Crippen LogP contribution in [-0.4, -0.2) is 38.1 Å². The van der Waals surface area contributed by atoms with Crippen LogP contribution in [0.3, 0.4) is 0 Å². The van der Waals surface area contributed by atoms with Crippen molar-refractivity contribution in [1.82, 2.24) is 4.90 Å². The van der Waals surface area contributed by atoms with Crippen molar-refractivity contribution in [2.75, 3.05) is 12.8 Å². The Kier molecular flexibility index (Phi) is 5.62. The highest BCUT2D eigenvalue weighted by atomic mass is 32.2. The van der Waals surface area contributed by atoms with Crippen molar-refractivity contribution in [3.05, 3.63) is 35.4 Å². The topological polar surface area (TPSA) is 54.5 Å². The van der Waals surface area contributed by atoms with E-state index < -0.39 is 15.6 Å². The molecule has 1 aliphatic rings. The van der Waals surface area contributed by atoms with Crippen LogP contribution in [0.4, 0.5) is 0 Å². The zero-order chi connectivity index (χ0) is 16.2. The van der Waals surface area contributed by atoms with Crippen LogP contribution >= 0.6 is 0 Å². The van der Waals surface area contributed by atoms with Gasteiger partial charge in [-0.3, -0.25) is 4.79 Å². The monoisotopic (exact) mass is 323 g/mol. The standard InChI is InChI=1S/C17H25NO3S/c1-14-7-6-8-15(11-14)12-22(20,21)13-17(19)18(2)16-9-4-3-5-10-16/h6-8,11,16H,3-5,9-10,12-13H2,1-2H3. The lowest BCUT2D eigenvalue weighted by Gasteiger charge is -2.31. The van der Waals surface area contributed by atoms with Crippen molar-refractivity contribution in [2.24, 2.45) is 0 Å². The van der Waals surface area contributed by atoms with Crippen LogP contribution in [-0.2, 0) is 20.4 Å². The summed E-state index contributed by atoms with van der Waals surface area (Å²) in [5.74, 6) is -0.744. The number of carbonyl (C=O) groups is 1. The molecule has 0 spiro atoms. The van der Waals surface area contributed by atoms with Gasteiger partial charge in [0.15, 0.2) is 9.84 Å². The van der Waals surface area contributed by atoms with Crippen LogP contribution in [0.15, 0.2) is 24.3 Å². The Morgan fingerprint density at radius 3 is 2.55 bits per heavy atom. The molecule has 22 heavy (non-hydrogen) atoms. The van der Waals surface area contributed by atoms with E-state index in [1.807, 2.05) is 25.1 Å². The van der Waals surface area contributed by atoms with Gasteiger partial charge in [-0.25, -0.2) is 8.42 Å². The Bertz CT molecular complexity index is 619. The molecule has 0 aromatic heterocycles. The molecule has 1 aromatic rings. The molecule has 1 fully saturated rings. The number of carbonyl (C=O) groups excluding carboxylic acids is 1. The molecule has 4 nitrogen and oxygen atoms in total. The summed E-state index contributed by atoms with van der Waals surface area (Å²) in [4.78, 5) is 13.9. The Balaban J connectivity index is 1.97. The molecule has 0 saturated heterocycles. The van der Waals surface area contributed by atoms with Crippen LogP contribution in [0, 0.1) is 6.92 Å². The molecule has 5 heteroatoms. The van der Waals surface area contributed by atoms with Gasteiger partial charge in [-0.15, -0.1) is 0 Å². The van der Waals surface area contributed by atoms with Gasteiger partial charge in [-0.05, 0) is 25.3 Å². The lowest BCUT2D eigenvalue weighted by atomic mass is 9.94. The lowest BCUT2D eigenvalue weighted by Crippen LogP contribution is -2.41. The maximum absolute atomic E-state index is 12.3. The highest BCUT2D eigenvalue weighted by molar-refractivity contribution is 7.91. The van der Waals surface area contributed by atoms with E-state index in [4.69, 9.17) is 0 Å². The van der Waals surface area contributed by atoms with Crippen molar-refractivity contribution in [2.45, 2.75) is 50.8 Å². The first-order valence-electron chi connectivity index (χ1n) is 7.89. The fourth-order valence-electron chi connectivity index (χ4n) is 3.07. The summed E-state index contributed by atoms with van der Waals surface area (Å²) >= 11 is 0. The van der Waals surface area contributed by atoms with E-state index in [1.165, 1.54) is 6.42 Å². The van der Waals surface area contributed by atoms with E-state index >= 15 is 0 Å². The predicted molar refractivity (Wildman–Crippen MR) is 88.3 cm³/mol. The number of benzene rings is 1. The third-order valence-electron chi connectivity index (χ3n) is 4.33. The van der Waals surface area contributed by atoms with Gasteiger partial charge in [0.2, 0.25) is 5.91 Å². The first kappa shape index (κ1) is 17.0. The molecule has 0 unspecified atom stereocenters. The van der Waals surface area contributed by atoms with E-state index in [2.05, 4.69) is 0 Å². The number of amides is 1. The second kappa shape index (κ2) is 7.27. The third-order valence-corrected chi connectivity index (χ3v) is 5.79. The summed E-state index contributed by atoms with van der Waals surface area (Å²) in [6, 6.07) is 7.62. The number of hydrogen-bond donors (Lipinski definition) is 0. The Labute approximate surface area is 133 Å². The first-order valence-corrected chi connectivity index (χ1v) is 9.71. The highest BCUT2D eigenvalue weighted by Gasteiger charge is 2.26. The summed E-state index contributed by atoms with van der Waals surface area (Å²) in [6.45, 7) is 1.93. The van der Waals surface area contributed by atoms with Crippen molar-refractivity contribution >= 4 is 15.7 Å². The van der Waals surface area contributed by atoms with Crippen LogP contribution < -0.4 is 0 Å². The van der Waals surface area contributed by atoms with Gasteiger partial charge >= 0.3 is 0 Å². The summed E-state index contributed by atoms with van der Waals surface area (Å²) in [7, 11) is -1.69. The normalized spacial score (nSPS) is 16.5. The minimum absolute atomic E-state index is 0.0705. The number of hydrogen-bond acceptors (Lipinski definition) is 3. The average Bonchev–Trinajstić information content (AvgIpc) is 2.46. The second-order valence-electron chi connectivity index (χ2n) is 6.32. The molecule has 1 aromatic carbocycles. The number of rotatable bonds is 5. The zero-order valence-corrected chi connectivity index (χ0v) is 14.2. The Morgan fingerprint density at radius 2 is 1.91 bits per heavy atom. The lowest BCUT2D eigenvalue weighted by molar-refractivity contribution is -0.129. The Hall–Kier alpha value is -1.36. The van der Waals surface area contributed by atoms with E-state index in [0.717, 1.165) is 36.8 Å². The maximum atomic E-state index is 12.3. The number of aryl methyl sites for hydroxylation is 1. The van der Waals surface area contributed by atoms with E-state index in [1.54, 1.807) is 18.0 Å². The minimum atomic E-state index is -3.43. The van der Waals surface area contributed by atoms with Gasteiger partial charge in [0.05, 0.1) is 5.75 Å². The molecule has 0 radical (unpaired) electrons. The van der Waals surface area contributed by atoms with Gasteiger partial charge in [0.25, 0.3) is 0 Å². The van der Waals surface area contributed by atoms with Gasteiger partial charge in [-0.1, -0.05) is 49.1 Å². The first-order chi connectivity index (χ1) is 10.4. The fraction of sp³-hybridized carbons (Fsp3) is 0.588. The quantitative estimate of drug-likeness (QED) is 0.837. The van der Waals surface area contributed by atoms with Crippen molar-refractivity contribution in [3.63, 3.8) is 0 Å². The highest BCUT2D eigenvalue weighted by Crippen LogP contribution is 2.22. The molecule has 1 saturated carbocycles. The molecule has 122 valence electrons. The van der Waals surface area contributed by atoms with Crippen LogP contribution in [0.5, 0.6) is 0 Å². The van der Waals surface area contributed by atoms with Crippen LogP contribution in [0.2, 0.25) is 0 Å². The molecule has 0 N–H and O–H groups in total. The average molecular weight is 323 g/mol. The molecular weight excluding hydrogens is 298 g/mol. The molecule has 1 aliphatic carbocycles. The number of sulfone groups is 1. The van der Waals surface area contributed by atoms with Gasteiger partial charge in [0.1, 0.15) is 5.75 Å². The molecule has 0 atom stereocenters. The van der Waals surface area contributed by atoms with E-state index in [0.29, 0.717) is 0 Å². The van der Waals surface area contributed by atoms with Crippen molar-refractivity contribution in [3.8, 4) is 0 Å². The third kappa shape index (κ3) is 4.83.